The first-order valence-electron chi connectivity index (χ1n) is 7.61. The second kappa shape index (κ2) is 7.02. The molecule has 0 fully saturated rings. The van der Waals surface area contributed by atoms with Gasteiger partial charge in [0.1, 0.15) is 6.10 Å². The van der Waals surface area contributed by atoms with Crippen LogP contribution in [0.2, 0.25) is 0 Å². The van der Waals surface area contributed by atoms with E-state index in [1.54, 1.807) is 24.3 Å². The Kier molecular flexibility index (Phi) is 4.80. The van der Waals surface area contributed by atoms with E-state index in [4.69, 9.17) is 19.4 Å². The van der Waals surface area contributed by atoms with Crippen LogP contribution in [-0.2, 0) is 4.74 Å². The molecule has 1 aliphatic carbocycles. The normalized spacial score (nSPS) is 15.0. The van der Waals surface area contributed by atoms with Gasteiger partial charge >= 0.3 is 0 Å². The van der Waals surface area contributed by atoms with Crippen LogP contribution in [0.15, 0.2) is 40.8 Å². The van der Waals surface area contributed by atoms with Gasteiger partial charge in [-0.25, -0.2) is 0 Å². The molecule has 7 heteroatoms. The number of ether oxygens (including phenoxy) is 1. The highest BCUT2D eigenvalue weighted by atomic mass is 16.5. The molecule has 0 radical (unpaired) electrons. The molecule has 0 saturated carbocycles. The van der Waals surface area contributed by atoms with Crippen LogP contribution in [-0.4, -0.2) is 52.8 Å². The molecule has 1 aromatic carbocycles. The summed E-state index contributed by atoms with van der Waals surface area (Å²) in [7, 11) is 0. The van der Waals surface area contributed by atoms with Crippen molar-refractivity contribution in [1.82, 2.24) is 0 Å². The maximum atomic E-state index is 12.5. The summed E-state index contributed by atoms with van der Waals surface area (Å²) < 4.78 is 10.4. The number of aliphatic hydroxyl groups is 3. The number of rotatable bonds is 6. The van der Waals surface area contributed by atoms with Crippen molar-refractivity contribution in [3.8, 4) is 0 Å². The molecule has 7 nitrogen and oxygen atoms in total. The van der Waals surface area contributed by atoms with E-state index in [0.29, 0.717) is 5.56 Å². The van der Waals surface area contributed by atoms with Crippen LogP contribution in [0, 0.1) is 0 Å². The van der Waals surface area contributed by atoms with Crippen molar-refractivity contribution in [3.05, 3.63) is 64.6 Å². The minimum absolute atomic E-state index is 0.0224. The zero-order valence-corrected chi connectivity index (χ0v) is 13.1. The topological polar surface area (TPSA) is 117 Å². The van der Waals surface area contributed by atoms with Crippen molar-refractivity contribution >= 4 is 17.3 Å². The highest BCUT2D eigenvalue weighted by Gasteiger charge is 2.33. The van der Waals surface area contributed by atoms with Crippen LogP contribution >= 0.6 is 0 Å². The molecule has 0 amide bonds. The predicted molar refractivity (Wildman–Crippen MR) is 86.5 cm³/mol. The van der Waals surface area contributed by atoms with E-state index in [-0.39, 0.29) is 47.4 Å². The molecule has 1 atom stereocenters. The van der Waals surface area contributed by atoms with Gasteiger partial charge in [0.05, 0.1) is 25.4 Å². The van der Waals surface area contributed by atoms with E-state index >= 15 is 0 Å². The summed E-state index contributed by atoms with van der Waals surface area (Å²) in [5, 5.41) is 27.8. The van der Waals surface area contributed by atoms with Gasteiger partial charge in [-0.3, -0.25) is 9.59 Å². The van der Waals surface area contributed by atoms with Gasteiger partial charge in [-0.2, -0.15) is 0 Å². The van der Waals surface area contributed by atoms with Crippen LogP contribution in [0.4, 0.5) is 0 Å². The third-order valence-corrected chi connectivity index (χ3v) is 3.77. The minimum atomic E-state index is -1.000. The van der Waals surface area contributed by atoms with Gasteiger partial charge < -0.3 is 24.5 Å². The summed E-state index contributed by atoms with van der Waals surface area (Å²) in [6.07, 6.45) is 0.274. The number of fused-ring (bicyclic) bond motifs is 2. The van der Waals surface area contributed by atoms with Gasteiger partial charge in [0, 0.05) is 11.1 Å². The lowest BCUT2D eigenvalue weighted by Crippen LogP contribution is -2.19. The fourth-order valence-corrected chi connectivity index (χ4v) is 2.50. The minimum Gasteiger partial charge on any atom is -0.504 e. The number of benzene rings is 1. The Balaban J connectivity index is 1.80. The van der Waals surface area contributed by atoms with E-state index in [9.17, 15) is 14.7 Å². The number of furan rings is 1. The van der Waals surface area contributed by atoms with Gasteiger partial charge in [-0.05, 0) is 12.1 Å². The van der Waals surface area contributed by atoms with E-state index < -0.39 is 18.5 Å². The monoisotopic (exact) mass is 344 g/mol. The van der Waals surface area contributed by atoms with Crippen molar-refractivity contribution in [2.24, 2.45) is 0 Å². The largest absolute Gasteiger partial charge is 0.504 e. The molecule has 1 aromatic heterocycles. The van der Waals surface area contributed by atoms with Gasteiger partial charge in [0.2, 0.25) is 5.78 Å². The molecule has 2 aromatic rings. The first kappa shape index (κ1) is 17.1. The first-order chi connectivity index (χ1) is 12.0. The van der Waals surface area contributed by atoms with Crippen LogP contribution < -0.4 is 0 Å². The quantitative estimate of drug-likeness (QED) is 0.456. The number of hydrogen-bond donors (Lipinski definition) is 3. The number of carbonyl (C=O) groups is 2. The number of ketones is 2. The molecular weight excluding hydrogens is 328 g/mol. The summed E-state index contributed by atoms with van der Waals surface area (Å²) >= 11 is 0. The lowest BCUT2D eigenvalue weighted by molar-refractivity contribution is 0.0148. The van der Waals surface area contributed by atoms with E-state index in [1.165, 1.54) is 12.1 Å². The van der Waals surface area contributed by atoms with E-state index in [0.717, 1.165) is 0 Å². The number of aliphatic hydroxyl groups excluding tert-OH is 3. The fourth-order valence-electron chi connectivity index (χ4n) is 2.50. The van der Waals surface area contributed by atoms with Gasteiger partial charge in [-0.1, -0.05) is 24.3 Å². The average molecular weight is 344 g/mol. The third-order valence-electron chi connectivity index (χ3n) is 3.77. The van der Waals surface area contributed by atoms with Gasteiger partial charge in [0.15, 0.2) is 23.1 Å². The first-order valence-corrected chi connectivity index (χ1v) is 7.61. The molecule has 130 valence electrons. The standard InChI is InChI=1S/C18H16O7/c19-8-10(20)9-24-6-5-14(21)15-7-13-16(22)11-3-1-2-4-12(11)17(23)18(13)25-15/h1-5,7,10,19-21H,6,8-9H2/b14-5-. The van der Waals surface area contributed by atoms with Crippen LogP contribution in [0.3, 0.4) is 0 Å². The van der Waals surface area contributed by atoms with Gasteiger partial charge in [-0.15, -0.1) is 0 Å². The van der Waals surface area contributed by atoms with Gasteiger partial charge in [0.25, 0.3) is 0 Å². The SMILES string of the molecule is O=C1c2ccccc2C(=O)c2oc(/C(O)=C/COCC(O)CO)cc21. The van der Waals surface area contributed by atoms with E-state index in [1.807, 2.05) is 0 Å². The molecule has 1 unspecified atom stereocenters. The molecule has 1 heterocycles. The molecule has 3 rings (SSSR count). The number of carbonyl (C=O) groups excluding carboxylic acids is 2. The van der Waals surface area contributed by atoms with Crippen LogP contribution in [0.5, 0.6) is 0 Å². The lowest BCUT2D eigenvalue weighted by Gasteiger charge is -2.11. The summed E-state index contributed by atoms with van der Waals surface area (Å²) in [4.78, 5) is 24.9. The Labute approximate surface area is 142 Å². The molecule has 25 heavy (non-hydrogen) atoms. The van der Waals surface area contributed by atoms with Crippen molar-refractivity contribution in [2.75, 3.05) is 19.8 Å². The van der Waals surface area contributed by atoms with Crippen molar-refractivity contribution in [1.29, 1.82) is 0 Å². The highest BCUT2D eigenvalue weighted by molar-refractivity contribution is 6.27. The predicted octanol–water partition coefficient (Wildman–Crippen LogP) is 1.32. The van der Waals surface area contributed by atoms with Crippen molar-refractivity contribution < 1.29 is 34.1 Å². The fraction of sp³-hybridized carbons (Fsp3) is 0.222. The summed E-state index contributed by atoms with van der Waals surface area (Å²) in [5.74, 6) is -1.17. The summed E-state index contributed by atoms with van der Waals surface area (Å²) in [6.45, 7) is -0.566. The van der Waals surface area contributed by atoms with E-state index in [2.05, 4.69) is 0 Å². The molecule has 0 saturated heterocycles. The number of hydrogen-bond acceptors (Lipinski definition) is 7. The molecule has 0 aliphatic heterocycles. The Morgan fingerprint density at radius 2 is 1.84 bits per heavy atom. The second-order valence-corrected chi connectivity index (χ2v) is 5.52. The maximum absolute atomic E-state index is 12.5. The maximum Gasteiger partial charge on any atom is 0.229 e. The third kappa shape index (κ3) is 3.25. The molecule has 3 N–H and O–H groups in total. The van der Waals surface area contributed by atoms with Crippen LogP contribution in [0.25, 0.3) is 5.76 Å². The Bertz CT molecular complexity index is 794. The summed E-state index contributed by atoms with van der Waals surface area (Å²) in [6, 6.07) is 7.78. The Morgan fingerprint density at radius 1 is 1.16 bits per heavy atom. The lowest BCUT2D eigenvalue weighted by atomic mass is 9.88. The highest BCUT2D eigenvalue weighted by Crippen LogP contribution is 2.31. The Hall–Kier alpha value is -2.74. The zero-order valence-electron chi connectivity index (χ0n) is 13.1. The molecule has 1 aliphatic rings. The zero-order chi connectivity index (χ0) is 18.0. The summed E-state index contributed by atoms with van der Waals surface area (Å²) in [5.41, 5.74) is 0.679. The van der Waals surface area contributed by atoms with Crippen LogP contribution in [0.1, 0.15) is 37.8 Å². The molecular formula is C18H16O7. The average Bonchev–Trinajstić information content (AvgIpc) is 3.09. The van der Waals surface area contributed by atoms with Crippen molar-refractivity contribution in [2.45, 2.75) is 6.10 Å². The molecule has 0 spiro atoms. The second-order valence-electron chi connectivity index (χ2n) is 5.52. The smallest absolute Gasteiger partial charge is 0.229 e. The Morgan fingerprint density at radius 3 is 2.52 bits per heavy atom. The molecule has 0 bridgehead atoms. The van der Waals surface area contributed by atoms with Crippen molar-refractivity contribution in [3.63, 3.8) is 0 Å².